The Labute approximate surface area is 124 Å². The van der Waals surface area contributed by atoms with Gasteiger partial charge in [-0.05, 0) is 31.0 Å². The summed E-state index contributed by atoms with van der Waals surface area (Å²) in [5, 5.41) is 0. The largest absolute Gasteiger partial charge is 0.486 e. The molecule has 21 heavy (non-hydrogen) atoms. The van der Waals surface area contributed by atoms with Crippen molar-refractivity contribution >= 4 is 5.82 Å². The summed E-state index contributed by atoms with van der Waals surface area (Å²) in [4.78, 5) is 9.03. The highest BCUT2D eigenvalue weighted by Crippen LogP contribution is 2.34. The van der Waals surface area contributed by atoms with Gasteiger partial charge in [0.25, 0.3) is 0 Å². The van der Waals surface area contributed by atoms with Crippen LogP contribution in [0, 0.1) is 6.92 Å². The quantitative estimate of drug-likeness (QED) is 0.918. The highest BCUT2D eigenvalue weighted by Gasteiger charge is 2.16. The molecule has 1 aromatic heterocycles. The molecule has 2 aromatic rings. The van der Waals surface area contributed by atoms with Crippen LogP contribution in [0.25, 0.3) is 11.4 Å². The number of nitrogens with zero attached hydrogens (tertiary/aromatic N) is 2. The first kappa shape index (κ1) is 13.7. The fourth-order valence-electron chi connectivity index (χ4n) is 2.63. The number of aryl methyl sites for hydroxylation is 1. The molecule has 0 bridgehead atoms. The topological polar surface area (TPSA) is 70.3 Å². The monoisotopic (exact) mass is 285 g/mol. The number of fused-ring (bicyclic) bond motifs is 1. The molecule has 0 atom stereocenters. The van der Waals surface area contributed by atoms with Crippen LogP contribution >= 0.6 is 0 Å². The molecule has 110 valence electrons. The van der Waals surface area contributed by atoms with Crippen LogP contribution in [-0.2, 0) is 0 Å². The second kappa shape index (κ2) is 5.24. The lowest BCUT2D eigenvalue weighted by atomic mass is 10.0. The number of hydrogen-bond donors (Lipinski definition) is 1. The van der Waals surface area contributed by atoms with Gasteiger partial charge in [0.15, 0.2) is 17.3 Å². The molecule has 1 aromatic carbocycles. The molecule has 0 amide bonds. The second-order valence-electron chi connectivity index (χ2n) is 5.44. The summed E-state index contributed by atoms with van der Waals surface area (Å²) < 4.78 is 11.1. The summed E-state index contributed by atoms with van der Waals surface area (Å²) >= 11 is 0. The van der Waals surface area contributed by atoms with E-state index in [1.165, 1.54) is 0 Å². The Morgan fingerprint density at radius 3 is 2.48 bits per heavy atom. The van der Waals surface area contributed by atoms with Crippen molar-refractivity contribution in [2.24, 2.45) is 0 Å². The molecule has 0 fully saturated rings. The molecule has 0 aliphatic carbocycles. The van der Waals surface area contributed by atoms with Gasteiger partial charge in [0.2, 0.25) is 0 Å². The molecule has 2 heterocycles. The number of nitrogens with two attached hydrogens (primary N) is 1. The van der Waals surface area contributed by atoms with Crippen LogP contribution in [0.15, 0.2) is 18.2 Å². The van der Waals surface area contributed by atoms with Gasteiger partial charge < -0.3 is 15.2 Å². The summed E-state index contributed by atoms with van der Waals surface area (Å²) in [6, 6.07) is 5.71. The zero-order valence-electron chi connectivity index (χ0n) is 12.5. The minimum absolute atomic E-state index is 0.305. The van der Waals surface area contributed by atoms with Gasteiger partial charge in [0, 0.05) is 16.8 Å². The first-order valence-corrected chi connectivity index (χ1v) is 7.10. The van der Waals surface area contributed by atoms with Crippen molar-refractivity contribution in [3.8, 4) is 22.9 Å². The Kier molecular flexibility index (Phi) is 3.41. The van der Waals surface area contributed by atoms with Gasteiger partial charge in [-0.3, -0.25) is 0 Å². The zero-order valence-corrected chi connectivity index (χ0v) is 12.5. The van der Waals surface area contributed by atoms with E-state index >= 15 is 0 Å². The van der Waals surface area contributed by atoms with Crippen LogP contribution in [0.1, 0.15) is 31.0 Å². The van der Waals surface area contributed by atoms with E-state index in [4.69, 9.17) is 15.2 Å². The van der Waals surface area contributed by atoms with Crippen LogP contribution in [0.3, 0.4) is 0 Å². The van der Waals surface area contributed by atoms with E-state index in [0.29, 0.717) is 30.8 Å². The van der Waals surface area contributed by atoms with Crippen LogP contribution in [0.5, 0.6) is 11.5 Å². The number of nitrogen functional groups attached to an aromatic ring is 1. The van der Waals surface area contributed by atoms with E-state index in [-0.39, 0.29) is 0 Å². The summed E-state index contributed by atoms with van der Waals surface area (Å²) in [5.41, 5.74) is 8.90. The predicted octanol–water partition coefficient (Wildman–Crippen LogP) is 2.93. The number of rotatable bonds is 2. The summed E-state index contributed by atoms with van der Waals surface area (Å²) in [5.74, 6) is 2.95. The van der Waals surface area contributed by atoms with Gasteiger partial charge in [-0.15, -0.1) is 0 Å². The fourth-order valence-corrected chi connectivity index (χ4v) is 2.63. The molecule has 1 aliphatic heterocycles. The number of ether oxygens (including phenoxy) is 2. The molecule has 0 spiro atoms. The van der Waals surface area contributed by atoms with Gasteiger partial charge in [0.05, 0.1) is 0 Å². The Balaban J connectivity index is 2.05. The minimum Gasteiger partial charge on any atom is -0.486 e. The average Bonchev–Trinajstić information content (AvgIpc) is 2.45. The van der Waals surface area contributed by atoms with E-state index in [2.05, 4.69) is 23.8 Å². The van der Waals surface area contributed by atoms with E-state index in [1.54, 1.807) is 0 Å². The SMILES string of the molecule is Cc1nc(-c2ccc3c(c2)OCCO3)nc(N)c1C(C)C. The first-order valence-electron chi connectivity index (χ1n) is 7.10. The van der Waals surface area contributed by atoms with Crippen molar-refractivity contribution in [3.05, 3.63) is 29.5 Å². The van der Waals surface area contributed by atoms with Gasteiger partial charge in [-0.2, -0.15) is 0 Å². The molecular weight excluding hydrogens is 266 g/mol. The highest BCUT2D eigenvalue weighted by atomic mass is 16.6. The molecule has 1 aliphatic rings. The van der Waals surface area contributed by atoms with E-state index in [0.717, 1.165) is 28.3 Å². The Morgan fingerprint density at radius 2 is 1.81 bits per heavy atom. The lowest BCUT2D eigenvalue weighted by Crippen LogP contribution is -2.15. The van der Waals surface area contributed by atoms with Crippen LogP contribution < -0.4 is 15.2 Å². The smallest absolute Gasteiger partial charge is 0.162 e. The Hall–Kier alpha value is -2.30. The van der Waals surface area contributed by atoms with Crippen molar-refractivity contribution in [3.63, 3.8) is 0 Å². The van der Waals surface area contributed by atoms with Crippen molar-refractivity contribution in [1.29, 1.82) is 0 Å². The van der Waals surface area contributed by atoms with Gasteiger partial charge >= 0.3 is 0 Å². The minimum atomic E-state index is 0.305. The molecular formula is C16H19N3O2. The lowest BCUT2D eigenvalue weighted by molar-refractivity contribution is 0.171. The maximum Gasteiger partial charge on any atom is 0.162 e. The predicted molar refractivity (Wildman–Crippen MR) is 81.7 cm³/mol. The van der Waals surface area contributed by atoms with Crippen LogP contribution in [0.2, 0.25) is 0 Å². The molecule has 2 N–H and O–H groups in total. The maximum absolute atomic E-state index is 6.09. The van der Waals surface area contributed by atoms with Crippen molar-refractivity contribution in [1.82, 2.24) is 9.97 Å². The number of aromatic nitrogens is 2. The van der Waals surface area contributed by atoms with Crippen molar-refractivity contribution in [2.45, 2.75) is 26.7 Å². The standard InChI is InChI=1S/C16H19N3O2/c1-9(2)14-10(3)18-16(19-15(14)17)11-4-5-12-13(8-11)21-7-6-20-12/h4-5,8-9H,6-7H2,1-3H3,(H2,17,18,19). The zero-order chi connectivity index (χ0) is 15.0. The molecule has 0 unspecified atom stereocenters. The molecule has 0 radical (unpaired) electrons. The third-order valence-corrected chi connectivity index (χ3v) is 3.54. The fraction of sp³-hybridized carbons (Fsp3) is 0.375. The molecule has 0 saturated carbocycles. The van der Waals surface area contributed by atoms with Crippen molar-refractivity contribution in [2.75, 3.05) is 18.9 Å². The third kappa shape index (κ3) is 2.51. The summed E-state index contributed by atoms with van der Waals surface area (Å²) in [6.45, 7) is 7.29. The van der Waals surface area contributed by atoms with Gasteiger partial charge in [-0.1, -0.05) is 13.8 Å². The number of anilines is 1. The number of hydrogen-bond acceptors (Lipinski definition) is 5. The van der Waals surface area contributed by atoms with Crippen LogP contribution in [0.4, 0.5) is 5.82 Å². The first-order chi connectivity index (χ1) is 10.1. The Bertz CT molecular complexity index is 660. The maximum atomic E-state index is 6.09. The molecule has 5 nitrogen and oxygen atoms in total. The second-order valence-corrected chi connectivity index (χ2v) is 5.44. The molecule has 0 saturated heterocycles. The van der Waals surface area contributed by atoms with E-state index in [9.17, 15) is 0 Å². The van der Waals surface area contributed by atoms with Crippen LogP contribution in [-0.4, -0.2) is 23.2 Å². The summed E-state index contributed by atoms with van der Waals surface area (Å²) in [7, 11) is 0. The molecule has 3 rings (SSSR count). The average molecular weight is 285 g/mol. The third-order valence-electron chi connectivity index (χ3n) is 3.54. The number of benzene rings is 1. The van der Waals surface area contributed by atoms with Gasteiger partial charge in [0.1, 0.15) is 19.0 Å². The van der Waals surface area contributed by atoms with E-state index < -0.39 is 0 Å². The lowest BCUT2D eigenvalue weighted by Gasteiger charge is -2.19. The van der Waals surface area contributed by atoms with Gasteiger partial charge in [-0.25, -0.2) is 9.97 Å². The molecule has 5 heteroatoms. The summed E-state index contributed by atoms with van der Waals surface area (Å²) in [6.07, 6.45) is 0. The highest BCUT2D eigenvalue weighted by molar-refractivity contribution is 5.63. The normalized spacial score (nSPS) is 13.5. The van der Waals surface area contributed by atoms with Crippen molar-refractivity contribution < 1.29 is 9.47 Å². The Morgan fingerprint density at radius 1 is 1.10 bits per heavy atom. The van der Waals surface area contributed by atoms with E-state index in [1.807, 2.05) is 25.1 Å².